The number of hydrogen-bond acceptors (Lipinski definition) is 4. The van der Waals surface area contributed by atoms with E-state index in [0.29, 0.717) is 18.0 Å². The van der Waals surface area contributed by atoms with E-state index in [9.17, 15) is 14.4 Å². The number of carbonyl (C=O) groups is 3. The number of anilines is 1. The van der Waals surface area contributed by atoms with Gasteiger partial charge < -0.3 is 4.74 Å². The Kier molecular flexibility index (Phi) is 5.47. The van der Waals surface area contributed by atoms with Gasteiger partial charge >= 0.3 is 6.03 Å². The maximum Gasteiger partial charge on any atom is 0.335 e. The molecule has 1 aliphatic rings. The van der Waals surface area contributed by atoms with E-state index in [4.69, 9.17) is 4.74 Å². The second-order valence-electron chi connectivity index (χ2n) is 5.68. The van der Waals surface area contributed by atoms with Crippen LogP contribution in [0.5, 0.6) is 5.75 Å². The Hall–Kier alpha value is -3.67. The Morgan fingerprint density at radius 3 is 2.37 bits per heavy atom. The molecule has 0 atom stereocenters. The molecule has 0 spiro atoms. The van der Waals surface area contributed by atoms with E-state index in [2.05, 4.69) is 5.32 Å². The van der Waals surface area contributed by atoms with E-state index in [0.717, 1.165) is 10.5 Å². The van der Waals surface area contributed by atoms with Gasteiger partial charge in [-0.15, -0.1) is 0 Å². The zero-order valence-electron chi connectivity index (χ0n) is 14.7. The van der Waals surface area contributed by atoms with E-state index in [1.54, 1.807) is 36.4 Å². The van der Waals surface area contributed by atoms with Crippen LogP contribution in [0.4, 0.5) is 10.5 Å². The number of ether oxygens (including phenoxy) is 1. The molecule has 4 amide bonds. The van der Waals surface area contributed by atoms with Gasteiger partial charge in [0, 0.05) is 0 Å². The third kappa shape index (κ3) is 4.12. The molecular weight excluding hydrogens is 344 g/mol. The van der Waals surface area contributed by atoms with E-state index < -0.39 is 17.8 Å². The van der Waals surface area contributed by atoms with E-state index in [-0.39, 0.29) is 5.57 Å². The maximum absolute atomic E-state index is 12.7. The first-order valence-corrected chi connectivity index (χ1v) is 8.46. The molecule has 27 heavy (non-hydrogen) atoms. The topological polar surface area (TPSA) is 75.7 Å². The van der Waals surface area contributed by atoms with Gasteiger partial charge in [0.25, 0.3) is 11.8 Å². The molecule has 136 valence electrons. The first-order valence-electron chi connectivity index (χ1n) is 8.46. The molecule has 6 nitrogen and oxygen atoms in total. The van der Waals surface area contributed by atoms with Gasteiger partial charge in [-0.2, -0.15) is 0 Å². The number of allylic oxidation sites excluding steroid dienone is 2. The van der Waals surface area contributed by atoms with Gasteiger partial charge in [-0.25, -0.2) is 9.69 Å². The van der Waals surface area contributed by atoms with Crippen LogP contribution in [-0.2, 0) is 9.59 Å². The first-order chi connectivity index (χ1) is 13.1. The molecule has 2 aromatic carbocycles. The summed E-state index contributed by atoms with van der Waals surface area (Å²) in [4.78, 5) is 37.9. The van der Waals surface area contributed by atoms with Gasteiger partial charge in [0.15, 0.2) is 0 Å². The van der Waals surface area contributed by atoms with Crippen molar-refractivity contribution < 1.29 is 19.1 Å². The van der Waals surface area contributed by atoms with Gasteiger partial charge in [-0.3, -0.25) is 14.9 Å². The monoisotopic (exact) mass is 362 g/mol. The number of urea groups is 1. The maximum atomic E-state index is 12.7. The molecule has 0 aliphatic carbocycles. The summed E-state index contributed by atoms with van der Waals surface area (Å²) in [5, 5.41) is 2.19. The van der Waals surface area contributed by atoms with Crippen LogP contribution in [0.2, 0.25) is 0 Å². The Labute approximate surface area is 156 Å². The van der Waals surface area contributed by atoms with Crippen molar-refractivity contribution in [3.8, 4) is 5.75 Å². The number of nitrogens with one attached hydrogen (secondary N) is 1. The number of benzene rings is 2. The normalized spacial score (nSPS) is 16.1. The van der Waals surface area contributed by atoms with Crippen molar-refractivity contribution in [2.75, 3.05) is 11.5 Å². The van der Waals surface area contributed by atoms with Crippen LogP contribution >= 0.6 is 0 Å². The number of amides is 4. The highest BCUT2D eigenvalue weighted by Gasteiger charge is 2.36. The molecule has 0 radical (unpaired) electrons. The lowest BCUT2D eigenvalue weighted by atomic mass is 10.1. The number of nitrogens with zero attached hydrogens (tertiary/aromatic N) is 1. The largest absolute Gasteiger partial charge is 0.494 e. The summed E-state index contributed by atoms with van der Waals surface area (Å²) in [5.41, 5.74) is 1.17. The first kappa shape index (κ1) is 18.1. The van der Waals surface area contributed by atoms with Crippen LogP contribution in [0.1, 0.15) is 12.5 Å². The molecule has 1 aliphatic heterocycles. The Morgan fingerprint density at radius 1 is 1.00 bits per heavy atom. The summed E-state index contributed by atoms with van der Waals surface area (Å²) in [6.45, 7) is 2.37. The van der Waals surface area contributed by atoms with Crippen LogP contribution in [0, 0.1) is 0 Å². The van der Waals surface area contributed by atoms with Gasteiger partial charge in [-0.1, -0.05) is 42.5 Å². The SMILES string of the molecule is CCOc1ccc(N2C(=O)NC(=O)/C(=C\C=C\c3ccccc3)C2=O)cc1. The molecular formula is C21H18N2O4. The molecule has 1 saturated heterocycles. The quantitative estimate of drug-likeness (QED) is 0.654. The third-order valence-electron chi connectivity index (χ3n) is 3.86. The van der Waals surface area contributed by atoms with E-state index in [1.807, 2.05) is 37.3 Å². The minimum atomic E-state index is -0.779. The standard InChI is InChI=1S/C21H18N2O4/c1-2-27-17-13-11-16(12-14-17)23-20(25)18(19(24)22-21(23)26)10-6-9-15-7-4-3-5-8-15/h3-14H,2H2,1H3,(H,22,24,26)/b9-6+,18-10+. The van der Waals surface area contributed by atoms with Crippen LogP contribution < -0.4 is 15.0 Å². The van der Waals surface area contributed by atoms with Crippen molar-refractivity contribution in [3.05, 3.63) is 77.9 Å². The predicted octanol–water partition coefficient (Wildman–Crippen LogP) is 3.31. The Bertz CT molecular complexity index is 915. The fourth-order valence-electron chi connectivity index (χ4n) is 2.59. The van der Waals surface area contributed by atoms with E-state index in [1.165, 1.54) is 6.08 Å². The summed E-state index contributed by atoms with van der Waals surface area (Å²) >= 11 is 0. The van der Waals surface area contributed by atoms with Crippen molar-refractivity contribution >= 4 is 29.6 Å². The number of barbiturate groups is 1. The lowest BCUT2D eigenvalue weighted by molar-refractivity contribution is -0.122. The minimum Gasteiger partial charge on any atom is -0.494 e. The van der Waals surface area contributed by atoms with Gasteiger partial charge in [0.05, 0.1) is 12.3 Å². The molecule has 3 rings (SSSR count). The number of hydrogen-bond donors (Lipinski definition) is 1. The predicted molar refractivity (Wildman–Crippen MR) is 102 cm³/mol. The molecule has 2 aromatic rings. The highest BCUT2D eigenvalue weighted by Crippen LogP contribution is 2.23. The second-order valence-corrected chi connectivity index (χ2v) is 5.68. The Balaban J connectivity index is 1.85. The lowest BCUT2D eigenvalue weighted by Crippen LogP contribution is -2.54. The average Bonchev–Trinajstić information content (AvgIpc) is 2.66. The van der Waals surface area contributed by atoms with Crippen molar-refractivity contribution in [3.63, 3.8) is 0 Å². The van der Waals surface area contributed by atoms with Crippen molar-refractivity contribution in [2.45, 2.75) is 6.92 Å². The Morgan fingerprint density at radius 2 is 1.70 bits per heavy atom. The fourth-order valence-corrected chi connectivity index (χ4v) is 2.59. The smallest absolute Gasteiger partial charge is 0.335 e. The lowest BCUT2D eigenvalue weighted by Gasteiger charge is -2.26. The summed E-state index contributed by atoms with van der Waals surface area (Å²) in [7, 11) is 0. The number of imide groups is 2. The molecule has 0 aromatic heterocycles. The van der Waals surface area contributed by atoms with Crippen LogP contribution in [0.25, 0.3) is 6.08 Å². The molecule has 6 heteroatoms. The van der Waals surface area contributed by atoms with Crippen molar-refractivity contribution in [1.29, 1.82) is 0 Å². The molecule has 0 bridgehead atoms. The minimum absolute atomic E-state index is 0.115. The summed E-state index contributed by atoms with van der Waals surface area (Å²) < 4.78 is 5.36. The van der Waals surface area contributed by atoms with Gasteiger partial charge in [0.1, 0.15) is 11.3 Å². The zero-order chi connectivity index (χ0) is 19.2. The van der Waals surface area contributed by atoms with Crippen LogP contribution in [-0.4, -0.2) is 24.5 Å². The highest BCUT2D eigenvalue weighted by molar-refractivity contribution is 6.37. The number of carbonyl (C=O) groups excluding carboxylic acids is 3. The third-order valence-corrected chi connectivity index (χ3v) is 3.86. The average molecular weight is 362 g/mol. The van der Waals surface area contributed by atoms with Crippen LogP contribution in [0.3, 0.4) is 0 Å². The van der Waals surface area contributed by atoms with Gasteiger partial charge in [-0.05, 0) is 42.8 Å². The highest BCUT2D eigenvalue weighted by atomic mass is 16.5. The van der Waals surface area contributed by atoms with Crippen LogP contribution in [0.15, 0.2) is 72.3 Å². The molecule has 1 fully saturated rings. The molecule has 1 heterocycles. The van der Waals surface area contributed by atoms with Crippen molar-refractivity contribution in [1.82, 2.24) is 5.32 Å². The van der Waals surface area contributed by atoms with E-state index >= 15 is 0 Å². The number of rotatable bonds is 5. The molecule has 1 N–H and O–H groups in total. The summed E-state index contributed by atoms with van der Waals surface area (Å²) in [5.74, 6) is -0.765. The van der Waals surface area contributed by atoms with Gasteiger partial charge in [0.2, 0.25) is 0 Å². The summed E-state index contributed by atoms with van der Waals surface area (Å²) in [6.07, 6.45) is 4.78. The second kappa shape index (κ2) is 8.14. The molecule has 0 saturated carbocycles. The van der Waals surface area contributed by atoms with Crippen molar-refractivity contribution in [2.24, 2.45) is 0 Å². The molecule has 0 unspecified atom stereocenters. The fraction of sp³-hybridized carbons (Fsp3) is 0.0952. The zero-order valence-corrected chi connectivity index (χ0v) is 14.7. The summed E-state index contributed by atoms with van der Waals surface area (Å²) in [6, 6.07) is 15.2.